The molecule has 1 unspecified atom stereocenters. The number of fused-ring (bicyclic) bond motifs is 1. The van der Waals surface area contributed by atoms with Crippen molar-refractivity contribution in [2.24, 2.45) is 0 Å². The number of methoxy groups -OCH3 is 2. The minimum Gasteiger partial charge on any atom is -0.496 e. The number of alkyl carbamates (subject to hydrolysis) is 1. The van der Waals surface area contributed by atoms with Crippen LogP contribution >= 0.6 is 0 Å². The van der Waals surface area contributed by atoms with E-state index in [-0.39, 0.29) is 11.5 Å². The molecule has 1 amide bonds. The number of esters is 1. The number of nitrogens with one attached hydrogen (secondary N) is 1. The number of carbonyl (C=O) groups excluding carboxylic acids is 3. The van der Waals surface area contributed by atoms with Crippen LogP contribution in [0.4, 0.5) is 4.79 Å². The Morgan fingerprint density at radius 3 is 2.31 bits per heavy atom. The highest BCUT2D eigenvalue weighted by atomic mass is 16.6. The highest BCUT2D eigenvalue weighted by molar-refractivity contribution is 6.09. The van der Waals surface area contributed by atoms with Gasteiger partial charge in [0.05, 0.1) is 25.3 Å². The van der Waals surface area contributed by atoms with Crippen molar-refractivity contribution in [2.45, 2.75) is 58.8 Å². The molecule has 0 aromatic heterocycles. The van der Waals surface area contributed by atoms with Gasteiger partial charge in [0.15, 0.2) is 17.3 Å². The average molecular weight is 538 g/mol. The van der Waals surface area contributed by atoms with Gasteiger partial charge < -0.3 is 29.0 Å². The predicted molar refractivity (Wildman–Crippen MR) is 148 cm³/mol. The van der Waals surface area contributed by atoms with Crippen molar-refractivity contribution in [1.29, 1.82) is 0 Å². The molecule has 0 aliphatic carbocycles. The van der Waals surface area contributed by atoms with E-state index in [9.17, 15) is 14.4 Å². The van der Waals surface area contributed by atoms with Gasteiger partial charge in [0.2, 0.25) is 0 Å². The van der Waals surface area contributed by atoms with E-state index >= 15 is 0 Å². The minimum atomic E-state index is -0.982. The van der Waals surface area contributed by atoms with Gasteiger partial charge in [-0.2, -0.15) is 0 Å². The molecule has 3 rings (SSSR count). The molecule has 208 valence electrons. The Labute approximate surface area is 228 Å². The summed E-state index contributed by atoms with van der Waals surface area (Å²) in [5.41, 5.74) is 0.385. The smallest absolute Gasteiger partial charge is 0.408 e. The zero-order valence-corrected chi connectivity index (χ0v) is 23.5. The van der Waals surface area contributed by atoms with Gasteiger partial charge >= 0.3 is 12.1 Å². The van der Waals surface area contributed by atoms with Gasteiger partial charge in [-0.15, -0.1) is 0 Å². The summed E-state index contributed by atoms with van der Waals surface area (Å²) in [5.74, 6) is 0.509. The molecule has 1 aliphatic heterocycles. The second-order valence-electron chi connectivity index (χ2n) is 10.5. The number of hydrogen-bond donors (Lipinski definition) is 1. The van der Waals surface area contributed by atoms with Crippen LogP contribution in [0.25, 0.3) is 12.2 Å². The molecule has 0 saturated carbocycles. The monoisotopic (exact) mass is 537 g/mol. The van der Waals surface area contributed by atoms with E-state index in [2.05, 4.69) is 5.32 Å². The maximum absolute atomic E-state index is 13.2. The van der Waals surface area contributed by atoms with Crippen LogP contribution in [-0.2, 0) is 9.53 Å². The van der Waals surface area contributed by atoms with Gasteiger partial charge in [-0.1, -0.05) is 12.1 Å². The molecule has 9 heteroatoms. The Kier molecular flexibility index (Phi) is 8.74. The van der Waals surface area contributed by atoms with Crippen molar-refractivity contribution in [3.8, 4) is 23.0 Å². The predicted octanol–water partition coefficient (Wildman–Crippen LogP) is 5.60. The number of rotatable bonds is 8. The Bertz CT molecular complexity index is 1320. The SMILES string of the molecule is COc1ccc(/C=C/C(=O)c2ccc(OC)c3c2OC(C)(C)C=C3)cc1OC(=O)C(C)NC(=O)OC(C)(C)C. The molecule has 0 bridgehead atoms. The number of benzene rings is 2. The summed E-state index contributed by atoms with van der Waals surface area (Å²) in [4.78, 5) is 37.8. The second-order valence-corrected chi connectivity index (χ2v) is 10.5. The molecule has 9 nitrogen and oxygen atoms in total. The van der Waals surface area contributed by atoms with Crippen molar-refractivity contribution in [3.05, 3.63) is 59.2 Å². The first-order chi connectivity index (χ1) is 18.2. The lowest BCUT2D eigenvalue weighted by Gasteiger charge is -2.29. The minimum absolute atomic E-state index is 0.131. The van der Waals surface area contributed by atoms with Crippen LogP contribution < -0.4 is 24.3 Å². The van der Waals surface area contributed by atoms with Gasteiger partial charge in [-0.3, -0.25) is 4.79 Å². The van der Waals surface area contributed by atoms with Crippen molar-refractivity contribution in [3.63, 3.8) is 0 Å². The number of amides is 1. The van der Waals surface area contributed by atoms with Gasteiger partial charge in [-0.05, 0) is 89.6 Å². The Hall–Kier alpha value is -4.27. The molecule has 0 radical (unpaired) electrons. The van der Waals surface area contributed by atoms with E-state index in [1.54, 1.807) is 64.3 Å². The van der Waals surface area contributed by atoms with E-state index in [0.29, 0.717) is 33.9 Å². The first-order valence-corrected chi connectivity index (χ1v) is 12.4. The summed E-state index contributed by atoms with van der Waals surface area (Å²) in [6.07, 6.45) is 6.07. The van der Waals surface area contributed by atoms with Crippen molar-refractivity contribution in [2.75, 3.05) is 14.2 Å². The van der Waals surface area contributed by atoms with Gasteiger partial charge in [0.1, 0.15) is 28.7 Å². The molecule has 39 heavy (non-hydrogen) atoms. The van der Waals surface area contributed by atoms with E-state index < -0.39 is 29.3 Å². The summed E-state index contributed by atoms with van der Waals surface area (Å²) in [6.45, 7) is 10.4. The molecule has 2 aromatic rings. The van der Waals surface area contributed by atoms with E-state index in [0.717, 1.165) is 0 Å². The largest absolute Gasteiger partial charge is 0.496 e. The van der Waals surface area contributed by atoms with Crippen molar-refractivity contribution >= 4 is 30.0 Å². The lowest BCUT2D eigenvalue weighted by atomic mass is 9.97. The van der Waals surface area contributed by atoms with Crippen LogP contribution in [0, 0.1) is 0 Å². The molecule has 1 atom stereocenters. The molecule has 1 heterocycles. The highest BCUT2D eigenvalue weighted by Gasteiger charge is 2.28. The molecular weight excluding hydrogens is 502 g/mol. The Morgan fingerprint density at radius 1 is 1.00 bits per heavy atom. The Morgan fingerprint density at radius 2 is 1.67 bits per heavy atom. The van der Waals surface area contributed by atoms with Gasteiger partial charge in [-0.25, -0.2) is 9.59 Å². The molecule has 1 N–H and O–H groups in total. The van der Waals surface area contributed by atoms with E-state index in [1.165, 1.54) is 20.1 Å². The number of allylic oxidation sites excluding steroid dienone is 1. The van der Waals surface area contributed by atoms with Crippen LogP contribution in [0.15, 0.2) is 42.5 Å². The molecular formula is C30H35NO8. The van der Waals surface area contributed by atoms with Crippen LogP contribution in [0.3, 0.4) is 0 Å². The fourth-order valence-corrected chi connectivity index (χ4v) is 3.68. The number of ketones is 1. The van der Waals surface area contributed by atoms with Crippen molar-refractivity contribution < 1.29 is 38.1 Å². The van der Waals surface area contributed by atoms with E-state index in [4.69, 9.17) is 23.7 Å². The summed E-state index contributed by atoms with van der Waals surface area (Å²) in [6, 6.07) is 7.30. The standard InChI is InChI=1S/C30H35NO8/c1-18(31-28(34)39-29(2,3)4)27(33)37-25-17-19(10-13-24(25)36-8)9-12-22(32)20-11-14-23(35-7)21-15-16-30(5,6)38-26(20)21/h9-18H,1-8H3,(H,31,34)/b12-9+. The molecule has 1 aliphatic rings. The van der Waals surface area contributed by atoms with Crippen LogP contribution in [0.2, 0.25) is 0 Å². The number of carbonyl (C=O) groups is 3. The quantitative estimate of drug-likeness (QED) is 0.201. The summed E-state index contributed by atoms with van der Waals surface area (Å²) < 4.78 is 27.5. The van der Waals surface area contributed by atoms with Gasteiger partial charge in [0, 0.05) is 0 Å². The zero-order chi connectivity index (χ0) is 29.0. The molecule has 0 spiro atoms. The second kappa shape index (κ2) is 11.6. The van der Waals surface area contributed by atoms with Crippen LogP contribution in [-0.4, -0.2) is 49.3 Å². The van der Waals surface area contributed by atoms with Crippen molar-refractivity contribution in [1.82, 2.24) is 5.32 Å². The first-order valence-electron chi connectivity index (χ1n) is 12.4. The number of hydrogen-bond acceptors (Lipinski definition) is 8. The lowest BCUT2D eigenvalue weighted by molar-refractivity contribution is -0.136. The highest BCUT2D eigenvalue weighted by Crippen LogP contribution is 2.40. The van der Waals surface area contributed by atoms with E-state index in [1.807, 2.05) is 26.0 Å². The molecule has 0 saturated heterocycles. The third kappa shape index (κ3) is 7.63. The maximum Gasteiger partial charge on any atom is 0.408 e. The Balaban J connectivity index is 1.79. The fraction of sp³-hybridized carbons (Fsp3) is 0.367. The zero-order valence-electron chi connectivity index (χ0n) is 23.5. The summed E-state index contributed by atoms with van der Waals surface area (Å²) in [7, 11) is 3.00. The normalized spacial score (nSPS) is 14.6. The molecule has 2 aromatic carbocycles. The van der Waals surface area contributed by atoms with Crippen LogP contribution in [0.5, 0.6) is 23.0 Å². The summed E-state index contributed by atoms with van der Waals surface area (Å²) >= 11 is 0. The summed E-state index contributed by atoms with van der Waals surface area (Å²) in [5, 5.41) is 2.44. The van der Waals surface area contributed by atoms with Gasteiger partial charge in [0.25, 0.3) is 0 Å². The average Bonchev–Trinajstić information content (AvgIpc) is 2.84. The lowest BCUT2D eigenvalue weighted by Crippen LogP contribution is -2.43. The number of ether oxygens (including phenoxy) is 5. The third-order valence-corrected chi connectivity index (χ3v) is 5.57. The first kappa shape index (κ1) is 29.3. The maximum atomic E-state index is 13.2. The fourth-order valence-electron chi connectivity index (χ4n) is 3.68. The molecule has 0 fully saturated rings. The van der Waals surface area contributed by atoms with Crippen LogP contribution in [0.1, 0.15) is 63.0 Å². The topological polar surface area (TPSA) is 109 Å². The third-order valence-electron chi connectivity index (χ3n) is 5.57.